The van der Waals surface area contributed by atoms with Gasteiger partial charge in [0.15, 0.2) is 5.60 Å². The maximum absolute atomic E-state index is 13.0. The third kappa shape index (κ3) is 5.27. The second-order valence-corrected chi connectivity index (χ2v) is 7.97. The van der Waals surface area contributed by atoms with Crippen LogP contribution in [-0.2, 0) is 16.0 Å². The molecule has 1 aromatic carbocycles. The maximum Gasteiger partial charge on any atom is 0.255 e. The highest BCUT2D eigenvalue weighted by molar-refractivity contribution is 5.86. The molecule has 0 unspecified atom stereocenters. The number of likely N-dealkylation sites (tertiary alicyclic amines) is 2. The largest absolute Gasteiger partial charge is 0.383 e. The molecular weight excluding hydrogens is 347 g/mol. The summed E-state index contributed by atoms with van der Waals surface area (Å²) in [5, 5.41) is 11.0. The Labute approximate surface area is 161 Å². The molecule has 2 aliphatic heterocycles. The predicted molar refractivity (Wildman–Crippen MR) is 102 cm³/mol. The molecule has 1 aromatic rings. The highest BCUT2D eigenvalue weighted by atomic mass is 19.1. The van der Waals surface area contributed by atoms with E-state index in [4.69, 9.17) is 4.74 Å². The van der Waals surface area contributed by atoms with Crippen molar-refractivity contribution in [1.82, 2.24) is 9.80 Å². The summed E-state index contributed by atoms with van der Waals surface area (Å²) in [7, 11) is 1.62. The quantitative estimate of drug-likeness (QED) is 0.789. The molecule has 0 aliphatic carbocycles. The number of carbonyl (C=O) groups is 1. The van der Waals surface area contributed by atoms with Gasteiger partial charge in [-0.1, -0.05) is 12.1 Å². The summed E-state index contributed by atoms with van der Waals surface area (Å²) in [6, 6.07) is 6.76. The third-order valence-corrected chi connectivity index (χ3v) is 5.90. The number of benzene rings is 1. The van der Waals surface area contributed by atoms with E-state index in [0.29, 0.717) is 38.6 Å². The van der Waals surface area contributed by atoms with Crippen LogP contribution in [0.15, 0.2) is 24.3 Å². The summed E-state index contributed by atoms with van der Waals surface area (Å²) in [4.78, 5) is 16.7. The number of nitrogens with zero attached hydrogens (tertiary/aromatic N) is 2. The Balaban J connectivity index is 1.49. The van der Waals surface area contributed by atoms with Gasteiger partial charge in [0.1, 0.15) is 5.82 Å². The molecule has 2 fully saturated rings. The van der Waals surface area contributed by atoms with Gasteiger partial charge >= 0.3 is 0 Å². The molecule has 0 saturated carbocycles. The van der Waals surface area contributed by atoms with Gasteiger partial charge in [0, 0.05) is 26.7 Å². The van der Waals surface area contributed by atoms with Crippen molar-refractivity contribution >= 4 is 5.91 Å². The monoisotopic (exact) mass is 378 g/mol. The zero-order chi connectivity index (χ0) is 19.3. The van der Waals surface area contributed by atoms with Crippen LogP contribution < -0.4 is 0 Å². The number of methoxy groups -OCH3 is 1. The van der Waals surface area contributed by atoms with Crippen LogP contribution in [0.2, 0.25) is 0 Å². The van der Waals surface area contributed by atoms with Crippen LogP contribution in [0.4, 0.5) is 4.39 Å². The number of hydrogen-bond donors (Lipinski definition) is 1. The second kappa shape index (κ2) is 9.13. The number of aliphatic hydroxyl groups is 1. The summed E-state index contributed by atoms with van der Waals surface area (Å²) < 4.78 is 18.1. The first-order valence-electron chi connectivity index (χ1n) is 9.98. The smallest absolute Gasteiger partial charge is 0.255 e. The maximum atomic E-state index is 13.0. The fourth-order valence-electron chi connectivity index (χ4n) is 4.30. The topological polar surface area (TPSA) is 53.0 Å². The van der Waals surface area contributed by atoms with Gasteiger partial charge < -0.3 is 14.7 Å². The van der Waals surface area contributed by atoms with Crippen LogP contribution in [0, 0.1) is 11.7 Å². The van der Waals surface area contributed by atoms with Crippen LogP contribution >= 0.6 is 0 Å². The average molecular weight is 378 g/mol. The fourth-order valence-corrected chi connectivity index (χ4v) is 4.30. The Kier molecular flexibility index (Phi) is 6.84. The van der Waals surface area contributed by atoms with Crippen LogP contribution in [0.1, 0.15) is 31.2 Å². The number of hydrogen-bond acceptors (Lipinski definition) is 4. The molecule has 3 rings (SSSR count). The molecule has 0 spiro atoms. The lowest BCUT2D eigenvalue weighted by Crippen LogP contribution is -2.59. The Hall–Kier alpha value is -1.50. The van der Waals surface area contributed by atoms with Crippen molar-refractivity contribution in [1.29, 1.82) is 0 Å². The first-order valence-corrected chi connectivity index (χ1v) is 9.98. The van der Waals surface area contributed by atoms with Crippen LogP contribution in [0.5, 0.6) is 0 Å². The molecule has 0 bridgehead atoms. The van der Waals surface area contributed by atoms with Crippen molar-refractivity contribution in [3.63, 3.8) is 0 Å². The van der Waals surface area contributed by atoms with Crippen molar-refractivity contribution in [2.45, 2.75) is 37.7 Å². The lowest BCUT2D eigenvalue weighted by Gasteiger charge is -2.42. The van der Waals surface area contributed by atoms with Gasteiger partial charge in [0.2, 0.25) is 0 Å². The fraction of sp³-hybridized carbons (Fsp3) is 0.667. The lowest BCUT2D eigenvalue weighted by molar-refractivity contribution is -0.160. The van der Waals surface area contributed by atoms with Crippen molar-refractivity contribution in [2.24, 2.45) is 5.92 Å². The van der Waals surface area contributed by atoms with Gasteiger partial charge in [-0.2, -0.15) is 0 Å². The van der Waals surface area contributed by atoms with E-state index in [2.05, 4.69) is 4.90 Å². The number of halogens is 1. The minimum atomic E-state index is -1.27. The molecule has 1 amide bonds. The molecule has 1 N–H and O–H groups in total. The number of ether oxygens (including phenoxy) is 1. The van der Waals surface area contributed by atoms with E-state index in [0.717, 1.165) is 38.8 Å². The summed E-state index contributed by atoms with van der Waals surface area (Å²) in [5.74, 6) is 0.222. The Morgan fingerprint density at radius 3 is 2.59 bits per heavy atom. The number of rotatable bonds is 7. The minimum Gasteiger partial charge on any atom is -0.383 e. The van der Waals surface area contributed by atoms with Crippen LogP contribution in [0.25, 0.3) is 0 Å². The van der Waals surface area contributed by atoms with E-state index in [1.807, 2.05) is 12.1 Å². The van der Waals surface area contributed by atoms with E-state index in [1.54, 1.807) is 12.0 Å². The van der Waals surface area contributed by atoms with E-state index in [-0.39, 0.29) is 11.7 Å². The molecule has 0 aromatic heterocycles. The normalized spacial score (nSPS) is 25.1. The second-order valence-electron chi connectivity index (χ2n) is 7.97. The predicted octanol–water partition coefficient (Wildman–Crippen LogP) is 2.08. The van der Waals surface area contributed by atoms with E-state index >= 15 is 0 Å². The summed E-state index contributed by atoms with van der Waals surface area (Å²) >= 11 is 0. The van der Waals surface area contributed by atoms with Gasteiger partial charge in [-0.05, 0) is 68.8 Å². The van der Waals surface area contributed by atoms with Gasteiger partial charge in [0.25, 0.3) is 5.91 Å². The van der Waals surface area contributed by atoms with Gasteiger partial charge in [-0.25, -0.2) is 4.39 Å². The van der Waals surface area contributed by atoms with Crippen molar-refractivity contribution in [2.75, 3.05) is 46.4 Å². The van der Waals surface area contributed by atoms with Crippen LogP contribution in [0.3, 0.4) is 0 Å². The summed E-state index contributed by atoms with van der Waals surface area (Å²) in [5.41, 5.74) is -0.0970. The highest BCUT2D eigenvalue weighted by Gasteiger charge is 2.43. The molecule has 6 heteroatoms. The molecule has 5 nitrogen and oxygen atoms in total. The molecule has 2 heterocycles. The van der Waals surface area contributed by atoms with Crippen LogP contribution in [-0.4, -0.2) is 72.9 Å². The standard InChI is InChI=1S/C21H31FN2O3/c1-27-14-13-24-10-2-9-21(26,20(24)25)16-23-11-7-18(8-12-23)15-17-3-5-19(22)6-4-17/h3-6,18,26H,2,7-16H2,1H3/t21-/m0/s1. The first-order chi connectivity index (χ1) is 13.0. The van der Waals surface area contributed by atoms with Gasteiger partial charge in [-0.15, -0.1) is 0 Å². The first kappa shape index (κ1) is 20.2. The zero-order valence-corrected chi connectivity index (χ0v) is 16.2. The molecule has 150 valence electrons. The molecule has 2 aliphatic rings. The number of carbonyl (C=O) groups excluding carboxylic acids is 1. The Bertz CT molecular complexity index is 616. The van der Waals surface area contributed by atoms with Gasteiger partial charge in [-0.3, -0.25) is 9.69 Å². The highest BCUT2D eigenvalue weighted by Crippen LogP contribution is 2.27. The van der Waals surface area contributed by atoms with Crippen molar-refractivity contribution in [3.05, 3.63) is 35.6 Å². The molecular formula is C21H31FN2O3. The van der Waals surface area contributed by atoms with Crippen molar-refractivity contribution < 1.29 is 19.0 Å². The minimum absolute atomic E-state index is 0.153. The summed E-state index contributed by atoms with van der Waals surface area (Å²) in [6.45, 7) is 3.93. The van der Waals surface area contributed by atoms with E-state index in [1.165, 1.54) is 17.7 Å². The van der Waals surface area contributed by atoms with Crippen molar-refractivity contribution in [3.8, 4) is 0 Å². The third-order valence-electron chi connectivity index (χ3n) is 5.90. The van der Waals surface area contributed by atoms with E-state index < -0.39 is 5.60 Å². The Morgan fingerprint density at radius 2 is 1.93 bits per heavy atom. The molecule has 1 atom stereocenters. The molecule has 2 saturated heterocycles. The number of amides is 1. The molecule has 27 heavy (non-hydrogen) atoms. The SMILES string of the molecule is COCCN1CCC[C@](O)(CN2CCC(Cc3ccc(F)cc3)CC2)C1=O. The van der Waals surface area contributed by atoms with Gasteiger partial charge in [0.05, 0.1) is 6.61 Å². The average Bonchev–Trinajstić information content (AvgIpc) is 2.66. The Morgan fingerprint density at radius 1 is 1.22 bits per heavy atom. The number of β-amino-alcohol motifs (C(OH)–C–C–N with tert-alkyl or cyclic N) is 1. The zero-order valence-electron chi connectivity index (χ0n) is 16.2. The molecule has 0 radical (unpaired) electrons. The lowest BCUT2D eigenvalue weighted by atomic mass is 9.87. The van der Waals surface area contributed by atoms with E-state index in [9.17, 15) is 14.3 Å². The summed E-state index contributed by atoms with van der Waals surface area (Å²) in [6.07, 6.45) is 4.39. The number of piperidine rings is 2.